The number of hydrogen-bond acceptors (Lipinski definition) is 7. The van der Waals surface area contributed by atoms with Crippen LogP contribution in [0.4, 0.5) is 4.79 Å². The lowest BCUT2D eigenvalue weighted by Crippen LogP contribution is -2.46. The van der Waals surface area contributed by atoms with E-state index < -0.39 is 20.9 Å². The Hall–Kier alpha value is -2.01. The summed E-state index contributed by atoms with van der Waals surface area (Å²) >= 11 is 0. The molecular formula is C16H26N2O7Si. The summed E-state index contributed by atoms with van der Waals surface area (Å²) in [5.74, 6) is -1.08. The number of carboxylic acids is 1. The van der Waals surface area contributed by atoms with Crippen molar-refractivity contribution in [1.29, 1.82) is 0 Å². The minimum atomic E-state index is -2.72. The first-order valence-electron chi connectivity index (χ1n) is 8.53. The van der Waals surface area contributed by atoms with Crippen LogP contribution in [-0.4, -0.2) is 57.3 Å². The number of pyridine rings is 1. The zero-order valence-electron chi connectivity index (χ0n) is 15.3. The standard InChI is InChI=1S/C16H26N2O7Si/c1-4-22-26(23-5-2,24-6-3)11-7-10-17-16(21)25-14-9-8-13(12-18-14)15(19)20/h8-9,12H,4-7,10-11H2,1-3H3,(H,17,21)(H,19,20). The molecule has 0 fully saturated rings. The molecule has 2 N–H and O–H groups in total. The number of aromatic carboxylic acids is 1. The van der Waals surface area contributed by atoms with Crippen molar-refractivity contribution >= 4 is 20.9 Å². The molecule has 10 heteroatoms. The van der Waals surface area contributed by atoms with Crippen molar-refractivity contribution in [2.75, 3.05) is 26.4 Å². The largest absolute Gasteiger partial charge is 0.500 e. The quantitative estimate of drug-likeness (QED) is 0.415. The van der Waals surface area contributed by atoms with E-state index >= 15 is 0 Å². The highest BCUT2D eigenvalue weighted by molar-refractivity contribution is 6.60. The molecule has 9 nitrogen and oxygen atoms in total. The molecule has 0 aliphatic heterocycles. The van der Waals surface area contributed by atoms with Crippen molar-refractivity contribution < 1.29 is 32.7 Å². The van der Waals surface area contributed by atoms with Gasteiger partial charge in [0.25, 0.3) is 0 Å². The summed E-state index contributed by atoms with van der Waals surface area (Å²) in [6, 6.07) is 3.21. The molecule has 1 amide bonds. The third-order valence-corrected chi connectivity index (χ3v) is 6.35. The van der Waals surface area contributed by atoms with Crippen molar-refractivity contribution in [3.63, 3.8) is 0 Å². The van der Waals surface area contributed by atoms with Crippen LogP contribution in [0.2, 0.25) is 6.04 Å². The highest BCUT2D eigenvalue weighted by atomic mass is 28.4. The Labute approximate surface area is 154 Å². The van der Waals surface area contributed by atoms with E-state index in [4.69, 9.17) is 23.1 Å². The number of nitrogens with one attached hydrogen (secondary N) is 1. The molecule has 0 aromatic carbocycles. The van der Waals surface area contributed by atoms with Gasteiger partial charge >= 0.3 is 20.9 Å². The van der Waals surface area contributed by atoms with Crippen LogP contribution in [0.1, 0.15) is 37.6 Å². The van der Waals surface area contributed by atoms with Gasteiger partial charge in [-0.2, -0.15) is 0 Å². The van der Waals surface area contributed by atoms with Crippen molar-refractivity contribution in [3.8, 4) is 5.88 Å². The number of carboxylic acid groups (broad SMARTS) is 1. The number of amides is 1. The molecule has 146 valence electrons. The summed E-state index contributed by atoms with van der Waals surface area (Å²) in [6.07, 6.45) is 1.06. The molecule has 1 aromatic heterocycles. The number of nitrogens with zero attached hydrogens (tertiary/aromatic N) is 1. The maximum absolute atomic E-state index is 11.8. The Kier molecular flexibility index (Phi) is 9.81. The zero-order valence-corrected chi connectivity index (χ0v) is 16.3. The maximum atomic E-state index is 11.8. The Morgan fingerprint density at radius 1 is 1.12 bits per heavy atom. The lowest BCUT2D eigenvalue weighted by atomic mass is 10.3. The van der Waals surface area contributed by atoms with Crippen molar-refractivity contribution in [2.24, 2.45) is 0 Å². The predicted molar refractivity (Wildman–Crippen MR) is 95.3 cm³/mol. The molecule has 1 aromatic rings. The fourth-order valence-electron chi connectivity index (χ4n) is 2.19. The topological polar surface area (TPSA) is 116 Å². The molecule has 0 aliphatic carbocycles. The third-order valence-electron chi connectivity index (χ3n) is 3.20. The van der Waals surface area contributed by atoms with E-state index in [2.05, 4.69) is 10.3 Å². The van der Waals surface area contributed by atoms with Gasteiger partial charge in [0.05, 0.1) is 5.56 Å². The number of ether oxygens (including phenoxy) is 1. The molecule has 1 heterocycles. The first kappa shape index (κ1) is 22.0. The van der Waals surface area contributed by atoms with Crippen LogP contribution in [0.3, 0.4) is 0 Å². The molecule has 0 bridgehead atoms. The fraction of sp³-hybridized carbons (Fsp3) is 0.562. The van der Waals surface area contributed by atoms with Crippen LogP contribution in [0.5, 0.6) is 5.88 Å². The summed E-state index contributed by atoms with van der Waals surface area (Å²) < 4.78 is 22.2. The monoisotopic (exact) mass is 386 g/mol. The van der Waals surface area contributed by atoms with E-state index in [1.165, 1.54) is 12.1 Å². The molecule has 0 saturated carbocycles. The average molecular weight is 386 g/mol. The maximum Gasteiger partial charge on any atom is 0.500 e. The van der Waals surface area contributed by atoms with Gasteiger partial charge in [0, 0.05) is 44.7 Å². The minimum Gasteiger partial charge on any atom is -0.478 e. The predicted octanol–water partition coefficient (Wildman–Crippen LogP) is 2.31. The zero-order chi connectivity index (χ0) is 19.4. The van der Waals surface area contributed by atoms with Gasteiger partial charge in [-0.15, -0.1) is 0 Å². The second kappa shape index (κ2) is 11.6. The first-order valence-corrected chi connectivity index (χ1v) is 10.5. The van der Waals surface area contributed by atoms with Crippen LogP contribution in [0, 0.1) is 0 Å². The highest BCUT2D eigenvalue weighted by Crippen LogP contribution is 2.17. The molecular weight excluding hydrogens is 360 g/mol. The summed E-state index contributed by atoms with van der Waals surface area (Å²) in [7, 11) is -2.72. The Balaban J connectivity index is 2.42. The second-order valence-corrected chi connectivity index (χ2v) is 7.82. The first-order chi connectivity index (χ1) is 12.5. The van der Waals surface area contributed by atoms with E-state index in [0.29, 0.717) is 38.8 Å². The highest BCUT2D eigenvalue weighted by Gasteiger charge is 2.39. The molecule has 26 heavy (non-hydrogen) atoms. The van der Waals surface area contributed by atoms with E-state index in [-0.39, 0.29) is 11.4 Å². The summed E-state index contributed by atoms with van der Waals surface area (Å²) in [4.78, 5) is 26.3. The van der Waals surface area contributed by atoms with E-state index in [9.17, 15) is 9.59 Å². The second-order valence-electron chi connectivity index (χ2n) is 5.09. The van der Waals surface area contributed by atoms with Crippen LogP contribution in [0.25, 0.3) is 0 Å². The van der Waals surface area contributed by atoms with E-state index in [0.717, 1.165) is 6.20 Å². The van der Waals surface area contributed by atoms with Crippen LogP contribution in [0.15, 0.2) is 18.3 Å². The molecule has 0 radical (unpaired) electrons. The molecule has 0 aliphatic rings. The van der Waals surface area contributed by atoms with Crippen LogP contribution < -0.4 is 10.1 Å². The van der Waals surface area contributed by atoms with Crippen molar-refractivity contribution in [2.45, 2.75) is 33.2 Å². The number of rotatable bonds is 12. The van der Waals surface area contributed by atoms with Gasteiger partial charge < -0.3 is 28.4 Å². The SMILES string of the molecule is CCO[Si](CCCNC(=O)Oc1ccc(C(=O)O)cn1)(OCC)OCC. The van der Waals surface area contributed by atoms with Gasteiger partial charge in [-0.3, -0.25) is 0 Å². The van der Waals surface area contributed by atoms with Gasteiger partial charge in [0.2, 0.25) is 5.88 Å². The minimum absolute atomic E-state index is 0.0156. The van der Waals surface area contributed by atoms with E-state index in [1.807, 2.05) is 20.8 Å². The third kappa shape index (κ3) is 7.48. The van der Waals surface area contributed by atoms with Gasteiger partial charge in [0.1, 0.15) is 0 Å². The van der Waals surface area contributed by atoms with Crippen molar-refractivity contribution in [3.05, 3.63) is 23.9 Å². The normalized spacial score (nSPS) is 11.2. The number of hydrogen-bond donors (Lipinski definition) is 2. The van der Waals surface area contributed by atoms with Gasteiger partial charge in [0.15, 0.2) is 0 Å². The summed E-state index contributed by atoms with van der Waals surface area (Å²) in [5, 5.41) is 11.4. The van der Waals surface area contributed by atoms with Crippen LogP contribution >= 0.6 is 0 Å². The molecule has 0 saturated heterocycles. The Bertz CT molecular complexity index is 551. The summed E-state index contributed by atoms with van der Waals surface area (Å²) in [5.41, 5.74) is 0.0156. The Morgan fingerprint density at radius 2 is 1.73 bits per heavy atom. The number of aromatic nitrogens is 1. The molecule has 0 unspecified atom stereocenters. The number of carbonyl (C=O) groups is 2. The Morgan fingerprint density at radius 3 is 2.19 bits per heavy atom. The molecule has 0 atom stereocenters. The average Bonchev–Trinajstić information content (AvgIpc) is 2.60. The lowest BCUT2D eigenvalue weighted by molar-refractivity contribution is 0.0691. The lowest BCUT2D eigenvalue weighted by Gasteiger charge is -2.28. The van der Waals surface area contributed by atoms with Gasteiger partial charge in [-0.1, -0.05) is 0 Å². The van der Waals surface area contributed by atoms with Crippen LogP contribution in [-0.2, 0) is 13.3 Å². The summed E-state index contributed by atoms with van der Waals surface area (Å²) in [6.45, 7) is 7.52. The van der Waals surface area contributed by atoms with Gasteiger partial charge in [-0.25, -0.2) is 14.6 Å². The number of carbonyl (C=O) groups excluding carboxylic acids is 1. The fourth-order valence-corrected chi connectivity index (χ4v) is 4.81. The van der Waals surface area contributed by atoms with E-state index in [1.54, 1.807) is 0 Å². The van der Waals surface area contributed by atoms with Crippen molar-refractivity contribution in [1.82, 2.24) is 10.3 Å². The molecule has 1 rings (SSSR count). The molecule has 0 spiro atoms. The van der Waals surface area contributed by atoms with Gasteiger partial charge in [-0.05, 0) is 33.3 Å². The smallest absolute Gasteiger partial charge is 0.478 e.